The van der Waals surface area contributed by atoms with Gasteiger partial charge in [-0.3, -0.25) is 19.0 Å². The number of hydrogen-bond acceptors (Lipinski definition) is 5. The summed E-state index contributed by atoms with van der Waals surface area (Å²) >= 11 is 1.43. The molecule has 1 amide bonds. The first kappa shape index (κ1) is 20.7. The number of Topliss-reactive ketones (excluding diaryl/α,β-unsaturated/α-hetero) is 1. The van der Waals surface area contributed by atoms with E-state index in [0.29, 0.717) is 21.5 Å². The van der Waals surface area contributed by atoms with E-state index in [-0.39, 0.29) is 30.2 Å². The number of carbonyl (C=O) groups excluding carboxylic acids is 2. The van der Waals surface area contributed by atoms with Crippen LogP contribution < -0.4 is 10.9 Å². The van der Waals surface area contributed by atoms with Gasteiger partial charge in [-0.1, -0.05) is 42.0 Å². The van der Waals surface area contributed by atoms with Gasteiger partial charge in [0.2, 0.25) is 5.91 Å². The van der Waals surface area contributed by atoms with Gasteiger partial charge in [0, 0.05) is 29.5 Å². The van der Waals surface area contributed by atoms with Crippen LogP contribution in [0.2, 0.25) is 0 Å². The van der Waals surface area contributed by atoms with Crippen LogP contribution in [-0.4, -0.2) is 21.2 Å². The number of benzene rings is 2. The van der Waals surface area contributed by atoms with Crippen LogP contribution in [0.25, 0.3) is 21.3 Å². The lowest BCUT2D eigenvalue weighted by Gasteiger charge is -2.10. The molecule has 0 fully saturated rings. The topological polar surface area (TPSA) is 81.1 Å². The number of ketones is 1. The molecule has 31 heavy (non-hydrogen) atoms. The molecule has 7 heteroatoms. The van der Waals surface area contributed by atoms with Gasteiger partial charge in [-0.2, -0.15) is 0 Å². The summed E-state index contributed by atoms with van der Waals surface area (Å²) in [5.41, 5.74) is 3.73. The Bertz CT molecular complexity index is 1340. The minimum atomic E-state index is -0.273. The highest BCUT2D eigenvalue weighted by atomic mass is 32.1. The molecule has 0 saturated heterocycles. The zero-order valence-electron chi connectivity index (χ0n) is 17.2. The van der Waals surface area contributed by atoms with E-state index >= 15 is 0 Å². The van der Waals surface area contributed by atoms with E-state index in [0.717, 1.165) is 16.7 Å². The van der Waals surface area contributed by atoms with Crippen molar-refractivity contribution in [1.82, 2.24) is 9.55 Å². The van der Waals surface area contributed by atoms with Crippen molar-refractivity contribution in [2.75, 3.05) is 5.32 Å². The first-order valence-electron chi connectivity index (χ1n) is 9.87. The molecule has 2 aromatic heterocycles. The Morgan fingerprint density at radius 2 is 1.84 bits per heavy atom. The smallest absolute Gasteiger partial charge is 0.262 e. The van der Waals surface area contributed by atoms with E-state index in [9.17, 15) is 14.4 Å². The van der Waals surface area contributed by atoms with Crippen LogP contribution >= 0.6 is 11.3 Å². The lowest BCUT2D eigenvalue weighted by atomic mass is 10.1. The number of thiophene rings is 1. The summed E-state index contributed by atoms with van der Waals surface area (Å²) in [7, 11) is 0. The first-order valence-corrected chi connectivity index (χ1v) is 10.8. The monoisotopic (exact) mass is 431 g/mol. The number of fused-ring (bicyclic) bond motifs is 1. The largest absolute Gasteiger partial charge is 0.325 e. The van der Waals surface area contributed by atoms with E-state index < -0.39 is 0 Å². The molecule has 0 unspecified atom stereocenters. The zero-order valence-corrected chi connectivity index (χ0v) is 18.0. The molecule has 156 valence electrons. The fraction of sp³-hybridized carbons (Fsp3) is 0.167. The molecule has 2 aromatic carbocycles. The maximum Gasteiger partial charge on any atom is 0.262 e. The van der Waals surface area contributed by atoms with Gasteiger partial charge in [0.05, 0.1) is 17.4 Å². The fourth-order valence-corrected chi connectivity index (χ4v) is 4.31. The Morgan fingerprint density at radius 1 is 1.10 bits per heavy atom. The van der Waals surface area contributed by atoms with Gasteiger partial charge < -0.3 is 5.32 Å². The summed E-state index contributed by atoms with van der Waals surface area (Å²) in [5.74, 6) is -0.396. The second-order valence-corrected chi connectivity index (χ2v) is 8.20. The van der Waals surface area contributed by atoms with Crippen molar-refractivity contribution in [2.45, 2.75) is 26.8 Å². The van der Waals surface area contributed by atoms with E-state index in [1.165, 1.54) is 29.2 Å². The molecule has 0 bridgehead atoms. The molecule has 0 radical (unpaired) electrons. The van der Waals surface area contributed by atoms with Gasteiger partial charge in [0.25, 0.3) is 5.56 Å². The summed E-state index contributed by atoms with van der Waals surface area (Å²) in [6.07, 6.45) is 1.57. The number of aryl methyl sites for hydroxylation is 2. The van der Waals surface area contributed by atoms with E-state index in [2.05, 4.69) is 10.3 Å². The molecule has 2 heterocycles. The average molecular weight is 432 g/mol. The highest BCUT2D eigenvalue weighted by Crippen LogP contribution is 2.30. The van der Waals surface area contributed by atoms with Gasteiger partial charge in [0.15, 0.2) is 5.78 Å². The minimum Gasteiger partial charge on any atom is -0.325 e. The molecule has 0 aliphatic carbocycles. The van der Waals surface area contributed by atoms with Gasteiger partial charge >= 0.3 is 0 Å². The van der Waals surface area contributed by atoms with Crippen LogP contribution in [0, 0.1) is 6.92 Å². The minimum absolute atomic E-state index is 0.0866. The highest BCUT2D eigenvalue weighted by Gasteiger charge is 2.15. The van der Waals surface area contributed by atoms with E-state index in [4.69, 9.17) is 0 Å². The maximum absolute atomic E-state index is 13.1. The number of para-hydroxylation sites is 1. The number of carbonyl (C=O) groups is 2. The number of rotatable bonds is 6. The van der Waals surface area contributed by atoms with Crippen LogP contribution in [0.1, 0.15) is 29.3 Å². The SMILES string of the molecule is CC(=O)c1ccccc1NC(=O)CCn1cnc2scc(-c3ccc(C)cc3)c2c1=O. The Balaban J connectivity index is 1.56. The quantitative estimate of drug-likeness (QED) is 0.450. The average Bonchev–Trinajstić information content (AvgIpc) is 3.19. The zero-order chi connectivity index (χ0) is 22.0. The predicted molar refractivity (Wildman–Crippen MR) is 124 cm³/mol. The molecule has 0 spiro atoms. The number of amides is 1. The van der Waals surface area contributed by atoms with Crippen molar-refractivity contribution in [2.24, 2.45) is 0 Å². The summed E-state index contributed by atoms with van der Waals surface area (Å²) < 4.78 is 1.46. The Morgan fingerprint density at radius 3 is 2.58 bits per heavy atom. The summed E-state index contributed by atoms with van der Waals surface area (Å²) in [4.78, 5) is 42.4. The highest BCUT2D eigenvalue weighted by molar-refractivity contribution is 7.17. The normalized spacial score (nSPS) is 10.9. The third-order valence-corrected chi connectivity index (χ3v) is 5.97. The number of hydrogen-bond donors (Lipinski definition) is 1. The third-order valence-electron chi connectivity index (χ3n) is 5.08. The number of nitrogens with zero attached hydrogens (tertiary/aromatic N) is 2. The molecule has 4 aromatic rings. The van der Waals surface area contributed by atoms with Crippen molar-refractivity contribution >= 4 is 38.9 Å². The van der Waals surface area contributed by atoms with Crippen molar-refractivity contribution in [3.63, 3.8) is 0 Å². The van der Waals surface area contributed by atoms with E-state index in [1.807, 2.05) is 36.6 Å². The van der Waals surface area contributed by atoms with Gasteiger partial charge in [0.1, 0.15) is 4.83 Å². The lowest BCUT2D eigenvalue weighted by molar-refractivity contribution is -0.116. The van der Waals surface area contributed by atoms with Gasteiger partial charge in [-0.05, 0) is 31.5 Å². The van der Waals surface area contributed by atoms with Crippen molar-refractivity contribution in [3.05, 3.63) is 81.7 Å². The first-order chi connectivity index (χ1) is 14.9. The second-order valence-electron chi connectivity index (χ2n) is 7.34. The number of aromatic nitrogens is 2. The molecule has 0 aliphatic rings. The predicted octanol–water partition coefficient (Wildman–Crippen LogP) is 4.66. The Hall–Kier alpha value is -3.58. The van der Waals surface area contributed by atoms with Crippen molar-refractivity contribution in [3.8, 4) is 11.1 Å². The van der Waals surface area contributed by atoms with Crippen LogP contribution in [0.15, 0.2) is 65.0 Å². The van der Waals surface area contributed by atoms with Crippen LogP contribution in [0.3, 0.4) is 0 Å². The van der Waals surface area contributed by atoms with Crippen LogP contribution in [-0.2, 0) is 11.3 Å². The van der Waals surface area contributed by atoms with Gasteiger partial charge in [-0.15, -0.1) is 11.3 Å². The summed E-state index contributed by atoms with van der Waals surface area (Å²) in [6.45, 7) is 3.67. The lowest BCUT2D eigenvalue weighted by Crippen LogP contribution is -2.23. The molecule has 1 N–H and O–H groups in total. The molecule has 0 atom stereocenters. The molecular formula is C24H21N3O3S. The molecule has 0 aliphatic heterocycles. The molecule has 0 saturated carbocycles. The summed E-state index contributed by atoms with van der Waals surface area (Å²) in [5, 5.41) is 5.27. The Kier molecular flexibility index (Phi) is 5.77. The van der Waals surface area contributed by atoms with Crippen molar-refractivity contribution in [1.29, 1.82) is 0 Å². The molecular weight excluding hydrogens is 410 g/mol. The summed E-state index contributed by atoms with van der Waals surface area (Å²) in [6, 6.07) is 14.9. The van der Waals surface area contributed by atoms with E-state index in [1.54, 1.807) is 24.3 Å². The molecule has 4 rings (SSSR count). The van der Waals surface area contributed by atoms with Crippen LogP contribution in [0.4, 0.5) is 5.69 Å². The maximum atomic E-state index is 13.1. The number of nitrogens with one attached hydrogen (secondary N) is 1. The fourth-order valence-electron chi connectivity index (χ4n) is 3.41. The standard InChI is InChI=1S/C24H21N3O3S/c1-15-7-9-17(10-8-15)19-13-31-23-22(19)24(30)27(14-25-23)12-11-21(29)26-20-6-4-3-5-18(20)16(2)28/h3-10,13-14H,11-12H2,1-2H3,(H,26,29). The van der Waals surface area contributed by atoms with Gasteiger partial charge in [-0.25, -0.2) is 4.98 Å². The molecule has 6 nitrogen and oxygen atoms in total. The third kappa shape index (κ3) is 4.32. The van der Waals surface area contributed by atoms with Crippen molar-refractivity contribution < 1.29 is 9.59 Å². The Labute approximate surface area is 183 Å². The second kappa shape index (κ2) is 8.65. The van der Waals surface area contributed by atoms with Crippen LogP contribution in [0.5, 0.6) is 0 Å². The number of anilines is 1.